The van der Waals surface area contributed by atoms with Crippen molar-refractivity contribution in [2.75, 3.05) is 14.1 Å². The van der Waals surface area contributed by atoms with E-state index in [0.29, 0.717) is 6.04 Å². The number of amidine groups is 1. The van der Waals surface area contributed by atoms with Crippen molar-refractivity contribution in [2.45, 2.75) is 51.1 Å². The third kappa shape index (κ3) is 3.92. The van der Waals surface area contributed by atoms with Crippen LogP contribution in [0.5, 0.6) is 0 Å². The van der Waals surface area contributed by atoms with Gasteiger partial charge in [-0.05, 0) is 25.2 Å². The molecule has 4 heteroatoms. The average Bonchev–Trinajstić information content (AvgIpc) is 2.87. The van der Waals surface area contributed by atoms with Crippen LogP contribution >= 0.6 is 0 Å². The molecular formula is C19H28N4. The zero-order chi connectivity index (χ0) is 16.2. The maximum absolute atomic E-state index is 4.84. The number of aliphatic imine (C=N–C) groups is 2. The molecular weight excluding hydrogens is 284 g/mol. The molecule has 3 aliphatic rings. The smallest absolute Gasteiger partial charge is 0.221 e. The molecule has 1 fully saturated rings. The summed E-state index contributed by atoms with van der Waals surface area (Å²) in [5.74, 6) is 2.65. The molecule has 0 bridgehead atoms. The summed E-state index contributed by atoms with van der Waals surface area (Å²) in [5.41, 5.74) is 1.17. The normalized spacial score (nSPS) is 30.4. The molecule has 2 unspecified atom stereocenters. The van der Waals surface area contributed by atoms with Crippen molar-refractivity contribution >= 4 is 11.8 Å². The molecule has 0 radical (unpaired) electrons. The van der Waals surface area contributed by atoms with Crippen LogP contribution in [0.1, 0.15) is 39.0 Å². The van der Waals surface area contributed by atoms with Gasteiger partial charge in [-0.25, -0.2) is 4.99 Å². The number of fused-ring (bicyclic) bond motifs is 1. The largest absolute Gasteiger partial charge is 0.362 e. The van der Waals surface area contributed by atoms with Crippen LogP contribution in [-0.4, -0.2) is 42.9 Å². The molecule has 0 spiro atoms. The summed E-state index contributed by atoms with van der Waals surface area (Å²) in [6.45, 7) is 2.36. The van der Waals surface area contributed by atoms with E-state index >= 15 is 0 Å². The number of likely N-dealkylation sites (N-methyl/N-ethyl adjacent to an activating group) is 1. The lowest BCUT2D eigenvalue weighted by atomic mass is 10.0. The lowest BCUT2D eigenvalue weighted by Crippen LogP contribution is -2.40. The van der Waals surface area contributed by atoms with Crippen molar-refractivity contribution in [3.05, 3.63) is 36.0 Å². The number of nitrogens with zero attached hydrogens (tertiary/aromatic N) is 3. The van der Waals surface area contributed by atoms with E-state index in [-0.39, 0.29) is 6.04 Å². The average molecular weight is 312 g/mol. The summed E-state index contributed by atoms with van der Waals surface area (Å²) in [7, 11) is 4.09. The third-order valence-corrected chi connectivity index (χ3v) is 4.86. The zero-order valence-corrected chi connectivity index (χ0v) is 14.5. The molecule has 1 heterocycles. The molecule has 0 saturated heterocycles. The quantitative estimate of drug-likeness (QED) is 0.755. The van der Waals surface area contributed by atoms with Crippen LogP contribution in [0.3, 0.4) is 0 Å². The molecule has 2 aliphatic carbocycles. The Kier molecular flexibility index (Phi) is 4.99. The van der Waals surface area contributed by atoms with E-state index in [0.717, 1.165) is 17.7 Å². The summed E-state index contributed by atoms with van der Waals surface area (Å²) < 4.78 is 0. The van der Waals surface area contributed by atoms with Gasteiger partial charge in [-0.2, -0.15) is 4.99 Å². The van der Waals surface area contributed by atoms with Gasteiger partial charge in [0.25, 0.3) is 0 Å². The summed E-state index contributed by atoms with van der Waals surface area (Å²) in [5, 5.41) is 3.61. The SMILES string of the molecule is C[C@@H]1CCCC(NC2=NC3C=CC=CC=C3C(N(C)C)=N2)CC1. The first-order valence-electron chi connectivity index (χ1n) is 8.79. The van der Waals surface area contributed by atoms with Crippen molar-refractivity contribution in [1.82, 2.24) is 10.2 Å². The van der Waals surface area contributed by atoms with Gasteiger partial charge in [-0.15, -0.1) is 0 Å². The molecule has 3 rings (SSSR count). The Bertz CT molecular complexity index is 580. The van der Waals surface area contributed by atoms with Gasteiger partial charge in [-0.3, -0.25) is 0 Å². The summed E-state index contributed by atoms with van der Waals surface area (Å²) >= 11 is 0. The molecule has 23 heavy (non-hydrogen) atoms. The van der Waals surface area contributed by atoms with Crippen LogP contribution in [-0.2, 0) is 0 Å². The van der Waals surface area contributed by atoms with Gasteiger partial charge in [0.1, 0.15) is 11.9 Å². The Hall–Kier alpha value is -1.84. The first kappa shape index (κ1) is 16.0. The molecule has 1 aliphatic heterocycles. The van der Waals surface area contributed by atoms with Gasteiger partial charge in [0, 0.05) is 25.7 Å². The van der Waals surface area contributed by atoms with Gasteiger partial charge in [0.15, 0.2) is 0 Å². The van der Waals surface area contributed by atoms with Crippen LogP contribution in [0, 0.1) is 5.92 Å². The number of nitrogens with one attached hydrogen (secondary N) is 1. The Morgan fingerprint density at radius 1 is 1.09 bits per heavy atom. The maximum Gasteiger partial charge on any atom is 0.221 e. The lowest BCUT2D eigenvalue weighted by Gasteiger charge is -2.27. The molecule has 124 valence electrons. The summed E-state index contributed by atoms with van der Waals surface area (Å²) in [4.78, 5) is 11.7. The Balaban J connectivity index is 1.79. The minimum Gasteiger partial charge on any atom is -0.362 e. The minimum atomic E-state index is 0.0621. The predicted molar refractivity (Wildman–Crippen MR) is 97.9 cm³/mol. The number of rotatable bonds is 1. The van der Waals surface area contributed by atoms with Gasteiger partial charge >= 0.3 is 0 Å². The van der Waals surface area contributed by atoms with Crippen LogP contribution < -0.4 is 5.32 Å². The number of guanidine groups is 1. The van der Waals surface area contributed by atoms with Crippen molar-refractivity contribution in [3.63, 3.8) is 0 Å². The van der Waals surface area contributed by atoms with Gasteiger partial charge < -0.3 is 10.2 Å². The Morgan fingerprint density at radius 3 is 2.78 bits per heavy atom. The first-order chi connectivity index (χ1) is 11.1. The standard InChI is InChI=1S/C19H28N4/c1-14-8-7-9-15(13-12-14)20-19-21-17-11-6-4-5-10-16(17)18(22-19)23(2)3/h4-6,10-11,14-15,17H,7-9,12-13H2,1-3H3,(H,20,21)/t14-,15?,17?/m1/s1. The van der Waals surface area contributed by atoms with Gasteiger partial charge in [0.2, 0.25) is 5.96 Å². The molecule has 3 atom stereocenters. The minimum absolute atomic E-state index is 0.0621. The highest BCUT2D eigenvalue weighted by atomic mass is 15.2. The van der Waals surface area contributed by atoms with Crippen molar-refractivity contribution < 1.29 is 0 Å². The number of allylic oxidation sites excluding steroid dienone is 4. The third-order valence-electron chi connectivity index (χ3n) is 4.86. The van der Waals surface area contributed by atoms with E-state index in [1.165, 1.54) is 37.7 Å². The molecule has 4 nitrogen and oxygen atoms in total. The second-order valence-electron chi connectivity index (χ2n) is 7.07. The van der Waals surface area contributed by atoms with Crippen LogP contribution in [0.25, 0.3) is 0 Å². The van der Waals surface area contributed by atoms with Crippen LogP contribution in [0.2, 0.25) is 0 Å². The molecule has 1 N–H and O–H groups in total. The van der Waals surface area contributed by atoms with Gasteiger partial charge in [0.05, 0.1) is 0 Å². The number of hydrogen-bond acceptors (Lipinski definition) is 4. The topological polar surface area (TPSA) is 40.0 Å². The van der Waals surface area contributed by atoms with Crippen molar-refractivity contribution in [1.29, 1.82) is 0 Å². The fourth-order valence-corrected chi connectivity index (χ4v) is 3.48. The maximum atomic E-state index is 4.84. The second-order valence-corrected chi connectivity index (χ2v) is 7.07. The monoisotopic (exact) mass is 312 g/mol. The molecule has 0 amide bonds. The summed E-state index contributed by atoms with van der Waals surface area (Å²) in [6.07, 6.45) is 16.8. The van der Waals surface area contributed by atoms with E-state index < -0.39 is 0 Å². The predicted octanol–water partition coefficient (Wildman–Crippen LogP) is 3.30. The second kappa shape index (κ2) is 7.16. The highest BCUT2D eigenvalue weighted by molar-refractivity contribution is 6.08. The molecule has 0 aromatic carbocycles. The summed E-state index contributed by atoms with van der Waals surface area (Å²) in [6, 6.07) is 0.566. The Morgan fingerprint density at radius 2 is 1.96 bits per heavy atom. The highest BCUT2D eigenvalue weighted by Gasteiger charge is 2.25. The fraction of sp³-hybridized carbons (Fsp3) is 0.579. The number of hydrogen-bond donors (Lipinski definition) is 1. The highest BCUT2D eigenvalue weighted by Crippen LogP contribution is 2.24. The van der Waals surface area contributed by atoms with E-state index in [4.69, 9.17) is 9.98 Å². The van der Waals surface area contributed by atoms with Crippen molar-refractivity contribution in [3.8, 4) is 0 Å². The van der Waals surface area contributed by atoms with Gasteiger partial charge in [-0.1, -0.05) is 50.1 Å². The molecule has 0 aromatic rings. The Labute approximate surface area is 139 Å². The van der Waals surface area contributed by atoms with Crippen molar-refractivity contribution in [2.24, 2.45) is 15.9 Å². The van der Waals surface area contributed by atoms with E-state index in [2.05, 4.69) is 41.4 Å². The first-order valence-corrected chi connectivity index (χ1v) is 8.79. The molecule has 1 saturated carbocycles. The zero-order valence-electron chi connectivity index (χ0n) is 14.5. The van der Waals surface area contributed by atoms with Crippen LogP contribution in [0.15, 0.2) is 45.9 Å². The molecule has 0 aromatic heterocycles. The van der Waals surface area contributed by atoms with E-state index in [1.54, 1.807) is 0 Å². The fourth-order valence-electron chi connectivity index (χ4n) is 3.48. The van der Waals surface area contributed by atoms with E-state index in [1.807, 2.05) is 20.2 Å². The van der Waals surface area contributed by atoms with Crippen LogP contribution in [0.4, 0.5) is 0 Å². The lowest BCUT2D eigenvalue weighted by molar-refractivity contribution is 0.488. The van der Waals surface area contributed by atoms with E-state index in [9.17, 15) is 0 Å².